The lowest BCUT2D eigenvalue weighted by Crippen LogP contribution is -2.09. The molecule has 0 saturated carbocycles. The summed E-state index contributed by atoms with van der Waals surface area (Å²) in [6.07, 6.45) is -4.03. The van der Waals surface area contributed by atoms with Crippen molar-refractivity contribution >= 4 is 5.69 Å². The standard InChI is InChI=1S/C11H11F3N2O/c12-11(13,14)10-3-2-9(6-8(10)7-15)16-4-1-5-17/h2-3,6,16-17H,1,4-5H2. The van der Waals surface area contributed by atoms with E-state index in [1.807, 2.05) is 0 Å². The molecule has 0 bridgehead atoms. The molecule has 1 aromatic carbocycles. The summed E-state index contributed by atoms with van der Waals surface area (Å²) in [4.78, 5) is 0. The topological polar surface area (TPSA) is 56.0 Å². The van der Waals surface area contributed by atoms with Crippen molar-refractivity contribution < 1.29 is 18.3 Å². The van der Waals surface area contributed by atoms with Crippen LogP contribution in [0.3, 0.4) is 0 Å². The molecule has 1 rings (SSSR count). The predicted molar refractivity (Wildman–Crippen MR) is 56.4 cm³/mol. The molecule has 6 heteroatoms. The van der Waals surface area contributed by atoms with Crippen molar-refractivity contribution in [2.75, 3.05) is 18.5 Å². The summed E-state index contributed by atoms with van der Waals surface area (Å²) in [6.45, 7) is 0.436. The van der Waals surface area contributed by atoms with Crippen molar-refractivity contribution in [1.82, 2.24) is 0 Å². The van der Waals surface area contributed by atoms with Gasteiger partial charge in [0.05, 0.1) is 17.2 Å². The van der Waals surface area contributed by atoms with Gasteiger partial charge in [0.1, 0.15) is 0 Å². The molecule has 0 spiro atoms. The van der Waals surface area contributed by atoms with E-state index in [2.05, 4.69) is 5.32 Å². The second-order valence-corrected chi connectivity index (χ2v) is 3.37. The number of anilines is 1. The Labute approximate surface area is 96.5 Å². The van der Waals surface area contributed by atoms with Crippen LogP contribution in [0.15, 0.2) is 18.2 Å². The van der Waals surface area contributed by atoms with Gasteiger partial charge in [0.25, 0.3) is 0 Å². The normalized spacial score (nSPS) is 11.0. The molecule has 0 atom stereocenters. The van der Waals surface area contributed by atoms with Gasteiger partial charge in [-0.2, -0.15) is 18.4 Å². The molecule has 0 heterocycles. The lowest BCUT2D eigenvalue weighted by atomic mass is 10.1. The fourth-order valence-electron chi connectivity index (χ4n) is 1.31. The Morgan fingerprint density at radius 3 is 2.59 bits per heavy atom. The summed E-state index contributed by atoms with van der Waals surface area (Å²) in [5.74, 6) is 0. The van der Waals surface area contributed by atoms with Crippen molar-refractivity contribution in [3.63, 3.8) is 0 Å². The van der Waals surface area contributed by atoms with E-state index < -0.39 is 17.3 Å². The van der Waals surface area contributed by atoms with Crippen LogP contribution in [0.4, 0.5) is 18.9 Å². The van der Waals surface area contributed by atoms with Crippen LogP contribution in [0, 0.1) is 11.3 Å². The van der Waals surface area contributed by atoms with Gasteiger partial charge >= 0.3 is 6.18 Å². The van der Waals surface area contributed by atoms with Crippen molar-refractivity contribution in [2.45, 2.75) is 12.6 Å². The first-order valence-corrected chi connectivity index (χ1v) is 4.95. The number of nitrogens with one attached hydrogen (secondary N) is 1. The Morgan fingerprint density at radius 1 is 1.35 bits per heavy atom. The molecular formula is C11H11F3N2O. The van der Waals surface area contributed by atoms with Crippen LogP contribution in [-0.4, -0.2) is 18.3 Å². The first-order valence-electron chi connectivity index (χ1n) is 4.95. The lowest BCUT2D eigenvalue weighted by molar-refractivity contribution is -0.137. The zero-order valence-electron chi connectivity index (χ0n) is 8.88. The van der Waals surface area contributed by atoms with Crippen LogP contribution >= 0.6 is 0 Å². The average Bonchev–Trinajstić information content (AvgIpc) is 2.28. The van der Waals surface area contributed by atoms with E-state index in [-0.39, 0.29) is 6.61 Å². The molecule has 1 aromatic rings. The molecule has 0 aliphatic heterocycles. The van der Waals surface area contributed by atoms with Crippen LogP contribution < -0.4 is 5.32 Å². The van der Waals surface area contributed by atoms with Gasteiger partial charge in [0.2, 0.25) is 0 Å². The number of hydrogen-bond donors (Lipinski definition) is 2. The average molecular weight is 244 g/mol. The van der Waals surface area contributed by atoms with Crippen LogP contribution in [0.5, 0.6) is 0 Å². The molecule has 0 radical (unpaired) electrons. The summed E-state index contributed by atoms with van der Waals surface area (Å²) >= 11 is 0. The summed E-state index contributed by atoms with van der Waals surface area (Å²) < 4.78 is 37.4. The number of nitrogens with zero attached hydrogens (tertiary/aromatic N) is 1. The number of alkyl halides is 3. The molecule has 0 aliphatic rings. The third-order valence-corrected chi connectivity index (χ3v) is 2.11. The quantitative estimate of drug-likeness (QED) is 0.799. The minimum Gasteiger partial charge on any atom is -0.396 e. The first-order chi connectivity index (χ1) is 7.99. The highest BCUT2D eigenvalue weighted by Gasteiger charge is 2.33. The maximum Gasteiger partial charge on any atom is 0.417 e. The molecule has 0 amide bonds. The van der Waals surface area contributed by atoms with Gasteiger partial charge in [-0.1, -0.05) is 0 Å². The van der Waals surface area contributed by atoms with E-state index in [0.717, 1.165) is 12.1 Å². The van der Waals surface area contributed by atoms with Crippen LogP contribution in [0.25, 0.3) is 0 Å². The van der Waals surface area contributed by atoms with E-state index in [0.29, 0.717) is 18.7 Å². The van der Waals surface area contributed by atoms with Crippen LogP contribution in [0.2, 0.25) is 0 Å². The molecule has 17 heavy (non-hydrogen) atoms. The summed E-state index contributed by atoms with van der Waals surface area (Å²) in [5, 5.41) is 20.0. The highest BCUT2D eigenvalue weighted by Crippen LogP contribution is 2.32. The van der Waals surface area contributed by atoms with Gasteiger partial charge in [0, 0.05) is 18.8 Å². The Balaban J connectivity index is 2.90. The van der Waals surface area contributed by atoms with Gasteiger partial charge in [0.15, 0.2) is 0 Å². The minimum atomic E-state index is -4.52. The highest BCUT2D eigenvalue weighted by atomic mass is 19.4. The fourth-order valence-corrected chi connectivity index (χ4v) is 1.31. The molecule has 0 saturated heterocycles. The fraction of sp³-hybridized carbons (Fsp3) is 0.364. The van der Waals surface area contributed by atoms with Gasteiger partial charge in [-0.25, -0.2) is 0 Å². The smallest absolute Gasteiger partial charge is 0.396 e. The molecule has 2 N–H and O–H groups in total. The number of benzene rings is 1. The minimum absolute atomic E-state index is 0.00125. The first kappa shape index (κ1) is 13.3. The zero-order valence-corrected chi connectivity index (χ0v) is 8.88. The maximum absolute atomic E-state index is 12.5. The van der Waals surface area contributed by atoms with E-state index in [4.69, 9.17) is 10.4 Å². The Morgan fingerprint density at radius 2 is 2.06 bits per heavy atom. The summed E-state index contributed by atoms with van der Waals surface area (Å²) in [7, 11) is 0. The Hall–Kier alpha value is -1.74. The van der Waals surface area contributed by atoms with E-state index in [1.54, 1.807) is 0 Å². The Bertz CT molecular complexity index is 424. The second-order valence-electron chi connectivity index (χ2n) is 3.37. The van der Waals surface area contributed by atoms with Crippen molar-refractivity contribution in [3.8, 4) is 6.07 Å². The summed E-state index contributed by atoms with van der Waals surface area (Å²) in [6, 6.07) is 4.82. The van der Waals surface area contributed by atoms with E-state index >= 15 is 0 Å². The van der Waals surface area contributed by atoms with Crippen molar-refractivity contribution in [1.29, 1.82) is 5.26 Å². The third-order valence-electron chi connectivity index (χ3n) is 2.11. The molecule has 0 fully saturated rings. The zero-order chi connectivity index (χ0) is 12.9. The number of halogens is 3. The highest BCUT2D eigenvalue weighted by molar-refractivity contribution is 5.53. The maximum atomic E-state index is 12.5. The number of aliphatic hydroxyl groups excluding tert-OH is 1. The predicted octanol–water partition coefficient (Wildman–Crippen LogP) is 2.37. The number of rotatable bonds is 4. The molecule has 92 valence electrons. The summed E-state index contributed by atoms with van der Waals surface area (Å²) in [5.41, 5.74) is -0.915. The molecule has 3 nitrogen and oxygen atoms in total. The van der Waals surface area contributed by atoms with Gasteiger partial charge in [-0.3, -0.25) is 0 Å². The largest absolute Gasteiger partial charge is 0.417 e. The van der Waals surface area contributed by atoms with Crippen molar-refractivity contribution in [3.05, 3.63) is 29.3 Å². The second kappa shape index (κ2) is 5.55. The molecular weight excluding hydrogens is 233 g/mol. The SMILES string of the molecule is N#Cc1cc(NCCCO)ccc1C(F)(F)F. The molecule has 0 aromatic heterocycles. The van der Waals surface area contributed by atoms with E-state index in [9.17, 15) is 13.2 Å². The van der Waals surface area contributed by atoms with Gasteiger partial charge in [-0.15, -0.1) is 0 Å². The monoisotopic (exact) mass is 244 g/mol. The van der Waals surface area contributed by atoms with E-state index in [1.165, 1.54) is 12.1 Å². The van der Waals surface area contributed by atoms with Gasteiger partial charge in [-0.05, 0) is 24.6 Å². The third kappa shape index (κ3) is 3.64. The van der Waals surface area contributed by atoms with Crippen LogP contribution in [0.1, 0.15) is 17.5 Å². The lowest BCUT2D eigenvalue weighted by Gasteiger charge is -2.11. The van der Waals surface area contributed by atoms with Crippen LogP contribution in [-0.2, 0) is 6.18 Å². The molecule has 0 unspecified atom stereocenters. The van der Waals surface area contributed by atoms with Crippen molar-refractivity contribution in [2.24, 2.45) is 0 Å². The number of nitriles is 1. The molecule has 0 aliphatic carbocycles. The Kier molecular flexibility index (Phi) is 4.35. The van der Waals surface area contributed by atoms with Gasteiger partial charge < -0.3 is 10.4 Å². The number of hydrogen-bond acceptors (Lipinski definition) is 3. The number of aliphatic hydroxyl groups is 1.